The fourth-order valence-corrected chi connectivity index (χ4v) is 9.20. The molecular weight excluding hydrogens is 513 g/mol. The number of hydrogen-bond donors (Lipinski definition) is 1. The summed E-state index contributed by atoms with van der Waals surface area (Å²) in [6, 6.07) is 5.76. The van der Waals surface area contributed by atoms with E-state index >= 15 is 0 Å². The van der Waals surface area contributed by atoms with E-state index in [-0.39, 0.29) is 5.16 Å². The quantitative estimate of drug-likeness (QED) is 0.258. The van der Waals surface area contributed by atoms with Gasteiger partial charge in [0.05, 0.1) is 39.8 Å². The highest BCUT2D eigenvalue weighted by Crippen LogP contribution is 2.66. The molecule has 1 N–H and O–H groups in total. The van der Waals surface area contributed by atoms with Crippen molar-refractivity contribution >= 4 is 46.8 Å². The molecule has 0 amide bonds. The molecule has 32 heavy (non-hydrogen) atoms. The maximum absolute atomic E-state index is 5.69. The minimum absolute atomic E-state index is 0.106. The average Bonchev–Trinajstić information content (AvgIpc) is 2.78. The molecule has 0 aliphatic carbocycles. The third-order valence-electron chi connectivity index (χ3n) is 5.45. The Morgan fingerprint density at radius 2 is 1.69 bits per heavy atom. The van der Waals surface area contributed by atoms with Gasteiger partial charge in [-0.15, -0.1) is 0 Å². The van der Waals surface area contributed by atoms with Crippen molar-refractivity contribution < 1.29 is 14.2 Å². The van der Waals surface area contributed by atoms with Gasteiger partial charge in [0.15, 0.2) is 0 Å². The standard InChI is InChI=1S/C21H33BrN5O3PS/c1-21(2,3)31(26-7-11-29-12-8-26,27-9-13-30-14-10-27)25-20(32)24-23-16-17-15-18(22)5-6-19(17)28-4/h5-6,15-16H,7-14H2,1-4H3,(H,24,32)/b23-16+. The second-order valence-electron chi connectivity index (χ2n) is 8.53. The fourth-order valence-electron chi connectivity index (χ4n) is 4.08. The van der Waals surface area contributed by atoms with Crippen molar-refractivity contribution in [2.24, 2.45) is 9.85 Å². The van der Waals surface area contributed by atoms with E-state index in [0.717, 1.165) is 42.0 Å². The summed E-state index contributed by atoms with van der Waals surface area (Å²) in [6.45, 7) is 13.0. The molecule has 0 spiro atoms. The summed E-state index contributed by atoms with van der Waals surface area (Å²) in [5, 5.41) is 4.65. The van der Waals surface area contributed by atoms with E-state index in [2.05, 4.69) is 56.6 Å². The summed E-state index contributed by atoms with van der Waals surface area (Å²) >= 11 is 9.18. The number of hydrogen-bond acceptors (Lipinski definition) is 5. The molecule has 11 heteroatoms. The first-order valence-electron chi connectivity index (χ1n) is 10.7. The minimum Gasteiger partial charge on any atom is -0.496 e. The molecular formula is C21H33BrN5O3PS. The third kappa shape index (κ3) is 5.97. The van der Waals surface area contributed by atoms with Crippen LogP contribution in [0.2, 0.25) is 0 Å². The van der Waals surface area contributed by atoms with Crippen molar-refractivity contribution in [2.75, 3.05) is 59.7 Å². The summed E-state index contributed by atoms with van der Waals surface area (Å²) < 4.78 is 27.9. The van der Waals surface area contributed by atoms with Crippen molar-refractivity contribution in [3.8, 4) is 5.75 Å². The molecule has 178 valence electrons. The van der Waals surface area contributed by atoms with Crippen molar-refractivity contribution in [3.63, 3.8) is 0 Å². The molecule has 2 heterocycles. The molecule has 0 bridgehead atoms. The number of morpholine rings is 2. The molecule has 1 aromatic rings. The van der Waals surface area contributed by atoms with E-state index in [9.17, 15) is 0 Å². The monoisotopic (exact) mass is 545 g/mol. The molecule has 0 radical (unpaired) electrons. The Bertz CT molecular complexity index is 859. The Balaban J connectivity index is 1.92. The van der Waals surface area contributed by atoms with Crippen LogP contribution in [0, 0.1) is 0 Å². The van der Waals surface area contributed by atoms with Crippen LogP contribution in [0.1, 0.15) is 26.3 Å². The first kappa shape index (κ1) is 25.7. The largest absolute Gasteiger partial charge is 0.496 e. The molecule has 0 saturated carbocycles. The first-order valence-corrected chi connectivity index (χ1v) is 13.6. The molecule has 0 unspecified atom stereocenters. The Hall–Kier alpha value is -0.870. The zero-order chi connectivity index (χ0) is 23.2. The Labute approximate surface area is 204 Å². The predicted octanol–water partition coefficient (Wildman–Crippen LogP) is 4.16. The van der Waals surface area contributed by atoms with Gasteiger partial charge < -0.3 is 14.2 Å². The van der Waals surface area contributed by atoms with Crippen LogP contribution in [0.15, 0.2) is 32.5 Å². The lowest BCUT2D eigenvalue weighted by Crippen LogP contribution is -2.48. The molecule has 0 atom stereocenters. The zero-order valence-corrected chi connectivity index (χ0v) is 22.5. The third-order valence-corrected chi connectivity index (χ3v) is 10.9. The molecule has 3 rings (SSSR count). The van der Waals surface area contributed by atoms with Gasteiger partial charge in [-0.2, -0.15) is 5.10 Å². The van der Waals surface area contributed by atoms with E-state index in [4.69, 9.17) is 31.2 Å². The number of halogens is 1. The topological polar surface area (TPSA) is 70.9 Å². The molecule has 2 aliphatic heterocycles. The highest BCUT2D eigenvalue weighted by atomic mass is 79.9. The van der Waals surface area contributed by atoms with Crippen molar-refractivity contribution in [2.45, 2.75) is 25.9 Å². The van der Waals surface area contributed by atoms with Crippen LogP contribution in [0.4, 0.5) is 0 Å². The highest BCUT2D eigenvalue weighted by molar-refractivity contribution is 9.10. The Morgan fingerprint density at radius 1 is 1.12 bits per heavy atom. The lowest BCUT2D eigenvalue weighted by molar-refractivity contribution is 0.0551. The Morgan fingerprint density at radius 3 is 2.19 bits per heavy atom. The molecule has 2 fully saturated rings. The normalized spacial score (nSPS) is 19.2. The van der Waals surface area contributed by atoms with Crippen LogP contribution in [-0.4, -0.2) is 85.5 Å². The van der Waals surface area contributed by atoms with E-state index in [1.807, 2.05) is 18.2 Å². The summed E-state index contributed by atoms with van der Waals surface area (Å²) in [4.78, 5) is 0. The van der Waals surface area contributed by atoms with Crippen LogP contribution in [0.25, 0.3) is 0 Å². The number of methoxy groups -OCH3 is 1. The van der Waals surface area contributed by atoms with Crippen LogP contribution in [0.5, 0.6) is 5.75 Å². The number of nitrogens with zero attached hydrogens (tertiary/aromatic N) is 4. The second-order valence-corrected chi connectivity index (χ2v) is 13.6. The summed E-state index contributed by atoms with van der Waals surface area (Å²) in [5.41, 5.74) is 3.83. The summed E-state index contributed by atoms with van der Waals surface area (Å²) in [6.07, 6.45) is 1.70. The van der Waals surface area contributed by atoms with Gasteiger partial charge in [0.25, 0.3) is 0 Å². The van der Waals surface area contributed by atoms with Gasteiger partial charge in [0, 0.05) is 41.4 Å². The van der Waals surface area contributed by atoms with Crippen molar-refractivity contribution in [3.05, 3.63) is 28.2 Å². The van der Waals surface area contributed by atoms with Gasteiger partial charge in [-0.25, -0.2) is 4.74 Å². The first-order chi connectivity index (χ1) is 15.3. The molecule has 0 aromatic heterocycles. The highest BCUT2D eigenvalue weighted by Gasteiger charge is 2.45. The number of thiocarbonyl (C=S) groups is 1. The lowest BCUT2D eigenvalue weighted by atomic mass is 10.2. The van der Waals surface area contributed by atoms with Gasteiger partial charge >= 0.3 is 0 Å². The SMILES string of the molecule is COc1ccc(Br)cc1/C=N/NC(=S)N=P(N1CCOCC1)(N1CCOCC1)C(C)(C)C. The lowest BCUT2D eigenvalue weighted by Gasteiger charge is -2.52. The molecule has 1 aromatic carbocycles. The van der Waals surface area contributed by atoms with Gasteiger partial charge in [0.1, 0.15) is 13.1 Å². The molecule has 2 saturated heterocycles. The van der Waals surface area contributed by atoms with Gasteiger partial charge in [0.2, 0.25) is 5.11 Å². The van der Waals surface area contributed by atoms with Gasteiger partial charge in [-0.3, -0.25) is 14.8 Å². The zero-order valence-electron chi connectivity index (χ0n) is 19.2. The molecule has 2 aliphatic rings. The maximum Gasteiger partial charge on any atom is 0.214 e. The van der Waals surface area contributed by atoms with E-state index < -0.39 is 7.36 Å². The van der Waals surface area contributed by atoms with Crippen LogP contribution in [0.3, 0.4) is 0 Å². The number of benzene rings is 1. The summed E-state index contributed by atoms with van der Waals surface area (Å²) in [5.74, 6) is 0.736. The van der Waals surface area contributed by atoms with Gasteiger partial charge in [-0.05, 0) is 30.4 Å². The summed E-state index contributed by atoms with van der Waals surface area (Å²) in [7, 11) is -0.561. The van der Waals surface area contributed by atoms with Crippen LogP contribution >= 0.6 is 35.5 Å². The maximum atomic E-state index is 5.69. The Kier molecular flexibility index (Phi) is 9.26. The number of nitrogens with one attached hydrogen (secondary N) is 1. The molecule has 8 nitrogen and oxygen atoms in total. The van der Waals surface area contributed by atoms with Crippen molar-refractivity contribution in [1.82, 2.24) is 14.8 Å². The van der Waals surface area contributed by atoms with Crippen LogP contribution in [-0.2, 0) is 9.47 Å². The fraction of sp³-hybridized carbons (Fsp3) is 0.619. The number of rotatable bonds is 5. The predicted molar refractivity (Wildman–Crippen MR) is 138 cm³/mol. The van der Waals surface area contributed by atoms with Gasteiger partial charge in [-0.1, -0.05) is 36.7 Å². The van der Waals surface area contributed by atoms with Crippen LogP contribution < -0.4 is 10.2 Å². The smallest absolute Gasteiger partial charge is 0.214 e. The van der Waals surface area contributed by atoms with Crippen molar-refractivity contribution in [1.29, 1.82) is 0 Å². The van der Waals surface area contributed by atoms with E-state index in [1.165, 1.54) is 0 Å². The average molecular weight is 546 g/mol. The number of ether oxygens (including phenoxy) is 3. The van der Waals surface area contributed by atoms with E-state index in [0.29, 0.717) is 31.5 Å². The minimum atomic E-state index is -2.20. The number of hydrazone groups is 1. The second kappa shape index (κ2) is 11.5. The van der Waals surface area contributed by atoms with E-state index in [1.54, 1.807) is 13.3 Å².